The van der Waals surface area contributed by atoms with Gasteiger partial charge in [0.2, 0.25) is 5.91 Å². The van der Waals surface area contributed by atoms with Crippen molar-refractivity contribution in [2.75, 3.05) is 0 Å². The summed E-state index contributed by atoms with van der Waals surface area (Å²) >= 11 is 5.31. The summed E-state index contributed by atoms with van der Waals surface area (Å²) in [5.74, 6) is -0.0872. The average molecular weight is 410 g/mol. The lowest BCUT2D eigenvalue weighted by atomic mass is 9.79. The first-order chi connectivity index (χ1) is 13.8. The van der Waals surface area contributed by atoms with Gasteiger partial charge in [-0.15, -0.1) is 0 Å². The van der Waals surface area contributed by atoms with Gasteiger partial charge in [-0.05, 0) is 48.7 Å². The van der Waals surface area contributed by atoms with E-state index >= 15 is 0 Å². The number of para-hydroxylation sites is 1. The first-order valence-corrected chi connectivity index (χ1v) is 10.3. The lowest BCUT2D eigenvalue weighted by Gasteiger charge is -2.29. The number of hydrogen-bond donors (Lipinski definition) is 2. The lowest BCUT2D eigenvalue weighted by Crippen LogP contribution is -2.38. The summed E-state index contributed by atoms with van der Waals surface area (Å²) in [5.41, 5.74) is 1.73. The number of fused-ring (bicyclic) bond motifs is 1. The Kier molecular flexibility index (Phi) is 6.33. The van der Waals surface area contributed by atoms with Crippen LogP contribution in [0, 0.1) is 4.77 Å². The van der Waals surface area contributed by atoms with Gasteiger partial charge in [-0.1, -0.05) is 56.3 Å². The summed E-state index contributed by atoms with van der Waals surface area (Å²) in [6.45, 7) is 6.62. The molecule has 0 aliphatic heterocycles. The zero-order valence-electron chi connectivity index (χ0n) is 17.1. The number of nitrogens with zero attached hydrogens (tertiary/aromatic N) is 1. The molecule has 1 heterocycles. The third-order valence-electron chi connectivity index (χ3n) is 5.23. The summed E-state index contributed by atoms with van der Waals surface area (Å²) < 4.78 is 1.79. The molecule has 1 aromatic heterocycles. The van der Waals surface area contributed by atoms with Crippen molar-refractivity contribution in [1.29, 1.82) is 0 Å². The van der Waals surface area contributed by atoms with Crippen molar-refractivity contribution in [2.24, 2.45) is 0 Å². The summed E-state index contributed by atoms with van der Waals surface area (Å²) in [5, 5.41) is 3.62. The fourth-order valence-electron chi connectivity index (χ4n) is 3.79. The number of aromatic amines is 1. The Morgan fingerprint density at radius 2 is 1.79 bits per heavy atom. The number of aromatic nitrogens is 2. The molecule has 2 N–H and O–H groups in total. The first-order valence-electron chi connectivity index (χ1n) is 9.85. The van der Waals surface area contributed by atoms with Gasteiger partial charge in [0.05, 0.1) is 10.9 Å². The van der Waals surface area contributed by atoms with E-state index in [1.807, 2.05) is 43.3 Å². The smallest absolute Gasteiger partial charge is 0.262 e. The topological polar surface area (TPSA) is 66.9 Å². The minimum atomic E-state index is -0.171. The molecular formula is C23H27N3O2S. The maximum Gasteiger partial charge on any atom is 0.262 e. The number of nitrogens with one attached hydrogen (secondary N) is 2. The number of benzene rings is 2. The minimum absolute atomic E-state index is 0.0144. The zero-order chi connectivity index (χ0) is 21.0. The molecule has 2 aromatic carbocycles. The van der Waals surface area contributed by atoms with Crippen LogP contribution in [0.4, 0.5) is 0 Å². The maximum atomic E-state index is 12.7. The number of rotatable bonds is 7. The number of hydrogen-bond acceptors (Lipinski definition) is 3. The van der Waals surface area contributed by atoms with Crippen LogP contribution in [0.5, 0.6) is 0 Å². The van der Waals surface area contributed by atoms with Crippen LogP contribution < -0.4 is 10.9 Å². The Hall–Kier alpha value is -2.73. The van der Waals surface area contributed by atoms with E-state index in [-0.39, 0.29) is 35.9 Å². The van der Waals surface area contributed by atoms with E-state index in [9.17, 15) is 9.59 Å². The third kappa shape index (κ3) is 5.01. The third-order valence-corrected chi connectivity index (χ3v) is 5.55. The van der Waals surface area contributed by atoms with Crippen molar-refractivity contribution in [3.8, 4) is 0 Å². The molecule has 29 heavy (non-hydrogen) atoms. The highest BCUT2D eigenvalue weighted by Gasteiger charge is 2.24. The summed E-state index contributed by atoms with van der Waals surface area (Å²) in [6.07, 6.45) is 1.02. The molecule has 6 heteroatoms. The highest BCUT2D eigenvalue weighted by atomic mass is 32.1. The van der Waals surface area contributed by atoms with E-state index in [2.05, 4.69) is 36.3 Å². The highest BCUT2D eigenvalue weighted by Crippen LogP contribution is 2.28. The molecule has 1 unspecified atom stereocenters. The molecule has 0 aliphatic rings. The van der Waals surface area contributed by atoms with E-state index in [1.54, 1.807) is 6.07 Å². The number of amides is 1. The van der Waals surface area contributed by atoms with Crippen molar-refractivity contribution >= 4 is 29.0 Å². The molecule has 1 amide bonds. The second-order valence-corrected chi connectivity index (χ2v) is 8.49. The van der Waals surface area contributed by atoms with Crippen LogP contribution in [-0.4, -0.2) is 21.5 Å². The first kappa shape index (κ1) is 21.0. The average Bonchev–Trinajstić information content (AvgIpc) is 2.68. The highest BCUT2D eigenvalue weighted by molar-refractivity contribution is 7.71. The molecule has 0 aliphatic carbocycles. The molecule has 1 atom stereocenters. The number of carbonyl (C=O) groups is 1. The Labute approximate surface area is 175 Å². The standard InChI is InChI=1S/C23H27N3O2S/c1-16(15-23(2,3)17-9-5-4-6-10-17)24-20(27)13-14-26-21(28)18-11-7-8-12-19(18)25-22(26)29/h4-12,16H,13-15H2,1-3H3,(H,24,27)(H,25,29). The van der Waals surface area contributed by atoms with Crippen LogP contribution >= 0.6 is 12.2 Å². The van der Waals surface area contributed by atoms with Gasteiger partial charge < -0.3 is 10.3 Å². The van der Waals surface area contributed by atoms with Crippen LogP contribution in [0.3, 0.4) is 0 Å². The molecular weight excluding hydrogens is 382 g/mol. The van der Waals surface area contributed by atoms with Crippen LogP contribution in [0.2, 0.25) is 0 Å². The van der Waals surface area contributed by atoms with Crippen molar-refractivity contribution in [2.45, 2.75) is 51.6 Å². The predicted octanol–water partition coefficient (Wildman–Crippen LogP) is 4.32. The molecule has 0 spiro atoms. The van der Waals surface area contributed by atoms with Gasteiger partial charge in [-0.25, -0.2) is 0 Å². The second-order valence-electron chi connectivity index (χ2n) is 8.11. The van der Waals surface area contributed by atoms with E-state index in [1.165, 1.54) is 10.1 Å². The van der Waals surface area contributed by atoms with E-state index in [4.69, 9.17) is 12.2 Å². The minimum Gasteiger partial charge on any atom is -0.354 e. The van der Waals surface area contributed by atoms with Crippen LogP contribution in [0.25, 0.3) is 10.9 Å². The molecule has 0 saturated heterocycles. The molecule has 0 radical (unpaired) electrons. The summed E-state index contributed by atoms with van der Waals surface area (Å²) in [6, 6.07) is 17.6. The second kappa shape index (κ2) is 8.74. The van der Waals surface area contributed by atoms with Crippen molar-refractivity contribution < 1.29 is 4.79 Å². The molecule has 0 fully saturated rings. The lowest BCUT2D eigenvalue weighted by molar-refractivity contribution is -0.122. The van der Waals surface area contributed by atoms with E-state index < -0.39 is 0 Å². The SMILES string of the molecule is CC(CC(C)(C)c1ccccc1)NC(=O)CCn1c(=S)[nH]c2ccccc2c1=O. The van der Waals surface area contributed by atoms with Gasteiger partial charge in [0.15, 0.2) is 4.77 Å². The van der Waals surface area contributed by atoms with E-state index in [0.29, 0.717) is 15.7 Å². The predicted molar refractivity (Wildman–Crippen MR) is 120 cm³/mol. The van der Waals surface area contributed by atoms with Crippen LogP contribution in [0.15, 0.2) is 59.4 Å². The molecule has 152 valence electrons. The van der Waals surface area contributed by atoms with Gasteiger partial charge in [0.1, 0.15) is 0 Å². The molecule has 0 bridgehead atoms. The quantitative estimate of drug-likeness (QED) is 0.571. The van der Waals surface area contributed by atoms with Crippen molar-refractivity contribution in [3.05, 3.63) is 75.3 Å². The van der Waals surface area contributed by atoms with Gasteiger partial charge in [0.25, 0.3) is 5.56 Å². The Morgan fingerprint density at radius 1 is 1.14 bits per heavy atom. The normalized spacial score (nSPS) is 12.7. The number of carbonyl (C=O) groups excluding carboxylic acids is 1. The Balaban J connectivity index is 1.62. The number of H-pyrrole nitrogens is 1. The largest absolute Gasteiger partial charge is 0.354 e. The van der Waals surface area contributed by atoms with Gasteiger partial charge in [-0.3, -0.25) is 14.2 Å². The monoisotopic (exact) mass is 409 g/mol. The van der Waals surface area contributed by atoms with E-state index in [0.717, 1.165) is 6.42 Å². The molecule has 3 rings (SSSR count). The Morgan fingerprint density at radius 3 is 2.52 bits per heavy atom. The molecule has 5 nitrogen and oxygen atoms in total. The van der Waals surface area contributed by atoms with Gasteiger partial charge >= 0.3 is 0 Å². The van der Waals surface area contributed by atoms with Gasteiger partial charge in [-0.2, -0.15) is 0 Å². The summed E-state index contributed by atoms with van der Waals surface area (Å²) in [4.78, 5) is 28.2. The fourth-order valence-corrected chi connectivity index (χ4v) is 4.07. The van der Waals surface area contributed by atoms with Crippen LogP contribution in [0.1, 0.15) is 39.2 Å². The molecule has 3 aromatic rings. The van der Waals surface area contributed by atoms with Crippen molar-refractivity contribution in [1.82, 2.24) is 14.9 Å². The van der Waals surface area contributed by atoms with Crippen LogP contribution in [-0.2, 0) is 16.8 Å². The fraction of sp³-hybridized carbons (Fsp3) is 0.348. The van der Waals surface area contributed by atoms with Crippen molar-refractivity contribution in [3.63, 3.8) is 0 Å². The Bertz CT molecular complexity index is 1120. The maximum absolute atomic E-state index is 12.7. The molecule has 0 saturated carbocycles. The van der Waals surface area contributed by atoms with Gasteiger partial charge in [0, 0.05) is 19.0 Å². The summed E-state index contributed by atoms with van der Waals surface area (Å²) in [7, 11) is 0. The zero-order valence-corrected chi connectivity index (χ0v) is 17.9.